The molecular weight excluding hydrogens is 755 g/mol. The second kappa shape index (κ2) is 17.6. The Labute approximate surface area is 363 Å². The van der Waals surface area contributed by atoms with Crippen LogP contribution in [0.1, 0.15) is 19.4 Å². The number of para-hydroxylation sites is 2. The smallest absolute Gasteiger partial charge is 0.138 e. The number of nitrogens with two attached hydrogens (primary N) is 1. The molecule has 0 unspecified atom stereocenters. The van der Waals surface area contributed by atoms with Crippen LogP contribution in [0.2, 0.25) is 0 Å². The van der Waals surface area contributed by atoms with Crippen molar-refractivity contribution in [3.05, 3.63) is 237 Å². The van der Waals surface area contributed by atoms with Gasteiger partial charge in [-0.2, -0.15) is 0 Å². The zero-order valence-corrected chi connectivity index (χ0v) is 34.9. The van der Waals surface area contributed by atoms with Gasteiger partial charge in [0, 0.05) is 56.4 Å². The summed E-state index contributed by atoms with van der Waals surface area (Å²) in [6, 6.07) is 70.8. The van der Waals surface area contributed by atoms with Gasteiger partial charge in [-0.05, 0) is 93.8 Å². The largest absolute Gasteiger partial charge is 0.456 e. The molecule has 4 heteroatoms. The first-order valence-electron chi connectivity index (χ1n) is 21.2. The molecule has 0 aliphatic heterocycles. The van der Waals surface area contributed by atoms with Gasteiger partial charge in [-0.15, -0.1) is 0 Å². The summed E-state index contributed by atoms with van der Waals surface area (Å²) in [4.78, 5) is 4.67. The number of benzene rings is 9. The van der Waals surface area contributed by atoms with Crippen LogP contribution in [0.4, 0.5) is 34.1 Å². The van der Waals surface area contributed by atoms with E-state index in [1.165, 1.54) is 5.56 Å². The van der Waals surface area contributed by atoms with E-state index in [2.05, 4.69) is 217 Å². The number of hydrogen-bond acceptors (Lipinski definition) is 4. The van der Waals surface area contributed by atoms with Gasteiger partial charge >= 0.3 is 0 Å². The number of fused-ring (bicyclic) bond motifs is 7. The van der Waals surface area contributed by atoms with Crippen LogP contribution in [0, 0.1) is 0 Å². The summed E-state index contributed by atoms with van der Waals surface area (Å²) in [6.45, 7) is 7.95. The molecular formula is C58H47N3O. The van der Waals surface area contributed by atoms with Gasteiger partial charge in [-0.1, -0.05) is 172 Å². The van der Waals surface area contributed by atoms with Gasteiger partial charge in [-0.25, -0.2) is 0 Å². The number of rotatable bonds is 10. The van der Waals surface area contributed by atoms with E-state index in [1.54, 1.807) is 12.3 Å². The molecule has 10 rings (SSSR count). The molecule has 62 heavy (non-hydrogen) atoms. The van der Waals surface area contributed by atoms with Crippen LogP contribution in [0.15, 0.2) is 236 Å². The number of nitrogens with zero attached hydrogens (tertiary/aromatic N) is 2. The van der Waals surface area contributed by atoms with Crippen LogP contribution < -0.4 is 15.5 Å². The quantitative estimate of drug-likeness (QED) is 0.140. The molecule has 1 heterocycles. The molecule has 10 aromatic rings. The summed E-state index contributed by atoms with van der Waals surface area (Å²) in [5, 5.41) is 6.68. The molecule has 4 nitrogen and oxygen atoms in total. The summed E-state index contributed by atoms with van der Waals surface area (Å²) >= 11 is 0. The highest BCUT2D eigenvalue weighted by Gasteiger charge is 2.24. The molecule has 0 aliphatic rings. The van der Waals surface area contributed by atoms with E-state index in [0.29, 0.717) is 0 Å². The van der Waals surface area contributed by atoms with Crippen molar-refractivity contribution in [1.82, 2.24) is 0 Å². The zero-order chi connectivity index (χ0) is 42.4. The average Bonchev–Trinajstić information content (AvgIpc) is 3.72. The maximum absolute atomic E-state index is 7.12. The molecule has 2 N–H and O–H groups in total. The van der Waals surface area contributed by atoms with Crippen molar-refractivity contribution in [3.8, 4) is 11.1 Å². The van der Waals surface area contributed by atoms with Crippen molar-refractivity contribution in [3.63, 3.8) is 0 Å². The fourth-order valence-electron chi connectivity index (χ4n) is 8.59. The minimum atomic E-state index is 0.814. The SMILES string of the molecule is C=C/C=C(\C=C\N)c1cccc(N(c2ccccc2)c2cc3oc4cc(N(c5ccccc5)c5cccc(-c6ccccc6)c5)c5ccccc5c4c3c3ccccc23)c1.CC. The lowest BCUT2D eigenvalue weighted by atomic mass is 9.96. The van der Waals surface area contributed by atoms with Gasteiger partial charge in [0.2, 0.25) is 0 Å². The molecule has 0 aliphatic carbocycles. The van der Waals surface area contributed by atoms with Crippen molar-refractivity contribution < 1.29 is 4.42 Å². The van der Waals surface area contributed by atoms with Crippen molar-refractivity contribution in [2.45, 2.75) is 13.8 Å². The molecule has 300 valence electrons. The third-order valence-corrected chi connectivity index (χ3v) is 11.2. The fraction of sp³-hybridized carbons (Fsp3) is 0.0345. The van der Waals surface area contributed by atoms with Crippen LogP contribution >= 0.6 is 0 Å². The lowest BCUT2D eigenvalue weighted by Crippen LogP contribution is -2.11. The van der Waals surface area contributed by atoms with Crippen LogP contribution in [-0.2, 0) is 0 Å². The highest BCUT2D eigenvalue weighted by Crippen LogP contribution is 2.49. The minimum Gasteiger partial charge on any atom is -0.456 e. The van der Waals surface area contributed by atoms with Crippen molar-refractivity contribution in [1.29, 1.82) is 0 Å². The standard InChI is InChI=1S/C56H41N3O.C2H6/c1-2-18-39(33-34-57)41-21-16-27-45(35-41)58(43-23-8-4-9-24-43)51-37-53-55(49-31-14-12-29-47(49)51)56-50-32-15-13-30-48(50)52(38-54(56)60-53)59(44-25-10-5-11-26-44)46-28-17-22-42(36-46)40-19-6-3-7-20-40;1-2/h2-38H,1,57H2;1-2H3/b34-33+,39-18+;. The van der Waals surface area contributed by atoms with Crippen molar-refractivity contribution in [2.75, 3.05) is 9.80 Å². The van der Waals surface area contributed by atoms with Gasteiger partial charge < -0.3 is 20.0 Å². The van der Waals surface area contributed by atoms with E-state index in [1.807, 2.05) is 26.0 Å². The molecule has 9 aromatic carbocycles. The van der Waals surface area contributed by atoms with E-state index in [9.17, 15) is 0 Å². The van der Waals surface area contributed by atoms with Crippen LogP contribution in [-0.4, -0.2) is 0 Å². The predicted molar refractivity (Wildman–Crippen MR) is 266 cm³/mol. The van der Waals surface area contributed by atoms with E-state index in [0.717, 1.165) is 94.3 Å². The Hall–Kier alpha value is -8.08. The first-order valence-corrected chi connectivity index (χ1v) is 21.2. The number of furan rings is 1. The highest BCUT2D eigenvalue weighted by atomic mass is 16.3. The predicted octanol–water partition coefficient (Wildman–Crippen LogP) is 16.6. The van der Waals surface area contributed by atoms with Gasteiger partial charge in [0.25, 0.3) is 0 Å². The molecule has 0 atom stereocenters. The number of anilines is 6. The molecule has 0 saturated heterocycles. The lowest BCUT2D eigenvalue weighted by Gasteiger charge is -2.27. The minimum absolute atomic E-state index is 0.814. The first-order chi connectivity index (χ1) is 30.7. The molecule has 0 saturated carbocycles. The second-order valence-electron chi connectivity index (χ2n) is 14.8. The molecule has 0 bridgehead atoms. The normalized spacial score (nSPS) is 11.5. The van der Waals surface area contributed by atoms with Gasteiger partial charge in [0.05, 0.1) is 11.4 Å². The summed E-state index contributed by atoms with van der Waals surface area (Å²) < 4.78 is 7.12. The molecule has 0 fully saturated rings. The van der Waals surface area contributed by atoms with Crippen molar-refractivity contribution >= 4 is 83.2 Å². The second-order valence-corrected chi connectivity index (χ2v) is 14.8. The van der Waals surface area contributed by atoms with Crippen LogP contribution in [0.3, 0.4) is 0 Å². The van der Waals surface area contributed by atoms with Crippen LogP contribution in [0.25, 0.3) is 60.2 Å². The van der Waals surface area contributed by atoms with E-state index in [4.69, 9.17) is 10.2 Å². The Bertz CT molecular complexity index is 3240. The summed E-state index contributed by atoms with van der Waals surface area (Å²) in [5.74, 6) is 0. The third kappa shape index (κ3) is 7.29. The Morgan fingerprint density at radius 3 is 1.42 bits per heavy atom. The monoisotopic (exact) mass is 801 g/mol. The Balaban J connectivity index is 0.00000242. The third-order valence-electron chi connectivity index (χ3n) is 11.2. The summed E-state index contributed by atoms with van der Waals surface area (Å²) in [7, 11) is 0. The van der Waals surface area contributed by atoms with Gasteiger partial charge in [0.15, 0.2) is 0 Å². The maximum Gasteiger partial charge on any atom is 0.138 e. The Kier molecular flexibility index (Phi) is 11.2. The number of hydrogen-bond donors (Lipinski definition) is 1. The first kappa shape index (κ1) is 39.4. The highest BCUT2D eigenvalue weighted by molar-refractivity contribution is 6.30. The average molecular weight is 802 g/mol. The fourth-order valence-corrected chi connectivity index (χ4v) is 8.59. The Morgan fingerprint density at radius 1 is 0.468 bits per heavy atom. The lowest BCUT2D eigenvalue weighted by molar-refractivity contribution is 0.669. The topological polar surface area (TPSA) is 45.6 Å². The molecule has 1 aromatic heterocycles. The Morgan fingerprint density at radius 2 is 0.903 bits per heavy atom. The summed E-state index contributed by atoms with van der Waals surface area (Å²) in [6.07, 6.45) is 7.23. The van der Waals surface area contributed by atoms with E-state index >= 15 is 0 Å². The molecule has 0 radical (unpaired) electrons. The van der Waals surface area contributed by atoms with Crippen molar-refractivity contribution in [2.24, 2.45) is 5.73 Å². The van der Waals surface area contributed by atoms with E-state index in [-0.39, 0.29) is 0 Å². The molecule has 0 spiro atoms. The van der Waals surface area contributed by atoms with E-state index < -0.39 is 0 Å². The van der Waals surface area contributed by atoms with Gasteiger partial charge in [-0.3, -0.25) is 0 Å². The maximum atomic E-state index is 7.12. The zero-order valence-electron chi connectivity index (χ0n) is 34.9. The van der Waals surface area contributed by atoms with Gasteiger partial charge in [0.1, 0.15) is 11.2 Å². The molecule has 0 amide bonds. The number of allylic oxidation sites excluding steroid dienone is 4. The van der Waals surface area contributed by atoms with Crippen LogP contribution in [0.5, 0.6) is 0 Å². The summed E-state index contributed by atoms with van der Waals surface area (Å²) in [5.41, 5.74) is 18.1.